The molecule has 2 N–H and O–H groups in total. The van der Waals surface area contributed by atoms with E-state index in [-0.39, 0.29) is 5.56 Å². The second kappa shape index (κ2) is 3.87. The molecule has 0 aromatic carbocycles. The summed E-state index contributed by atoms with van der Waals surface area (Å²) in [5.41, 5.74) is -2.81. The van der Waals surface area contributed by atoms with Crippen LogP contribution in [0.3, 0.4) is 0 Å². The van der Waals surface area contributed by atoms with Crippen LogP contribution in [-0.4, -0.2) is 16.2 Å². The summed E-state index contributed by atoms with van der Waals surface area (Å²) in [6, 6.07) is 0.718. The van der Waals surface area contributed by atoms with Crippen molar-refractivity contribution in [2.75, 3.05) is 0 Å². The maximum atomic E-state index is 12.3. The van der Waals surface area contributed by atoms with E-state index in [0.29, 0.717) is 0 Å². The van der Waals surface area contributed by atoms with Crippen LogP contribution in [0.1, 0.15) is 11.3 Å². The number of rotatable bonds is 1. The fourth-order valence-corrected chi connectivity index (χ4v) is 1.07. The Morgan fingerprint density at radius 3 is 2.50 bits per heavy atom. The molecule has 0 spiro atoms. The number of aromatic amines is 1. The van der Waals surface area contributed by atoms with Gasteiger partial charge >= 0.3 is 12.3 Å². The molecule has 0 atom stereocenters. The van der Waals surface area contributed by atoms with E-state index in [2.05, 4.69) is 4.74 Å². The van der Waals surface area contributed by atoms with Crippen LogP contribution in [0.5, 0.6) is 5.75 Å². The zero-order chi connectivity index (χ0) is 12.5. The second-order valence-electron chi connectivity index (χ2n) is 2.89. The van der Waals surface area contributed by atoms with E-state index in [1.165, 1.54) is 4.98 Å². The van der Waals surface area contributed by atoms with Gasteiger partial charge < -0.3 is 14.8 Å². The summed E-state index contributed by atoms with van der Waals surface area (Å²) >= 11 is 0. The number of carbonyl (C=O) groups is 1. The molecule has 8 heteroatoms. The number of H-pyrrole nitrogens is 1. The van der Waals surface area contributed by atoms with Crippen molar-refractivity contribution >= 4 is 6.16 Å². The second-order valence-corrected chi connectivity index (χ2v) is 2.89. The Kier molecular flexibility index (Phi) is 2.92. The molecule has 0 saturated heterocycles. The number of nitrogens with one attached hydrogen (secondary N) is 1. The molecule has 0 aliphatic carbocycles. The molecule has 1 aromatic heterocycles. The summed E-state index contributed by atoms with van der Waals surface area (Å²) in [4.78, 5) is 22.7. The quantitative estimate of drug-likeness (QED) is 0.729. The smallest absolute Gasteiger partial charge is 0.449 e. The van der Waals surface area contributed by atoms with E-state index in [4.69, 9.17) is 5.11 Å². The number of halogens is 3. The minimum atomic E-state index is -4.70. The lowest BCUT2D eigenvalue weighted by molar-refractivity contribution is -0.141. The van der Waals surface area contributed by atoms with E-state index in [1.807, 2.05) is 0 Å². The van der Waals surface area contributed by atoms with Crippen LogP contribution in [0, 0.1) is 6.92 Å². The predicted molar refractivity (Wildman–Crippen MR) is 45.5 cm³/mol. The number of alkyl halides is 3. The van der Waals surface area contributed by atoms with Crippen molar-refractivity contribution in [2.45, 2.75) is 13.1 Å². The molecule has 1 aromatic rings. The average Bonchev–Trinajstić information content (AvgIpc) is 2.07. The Bertz CT molecular complexity index is 477. The third-order valence-corrected chi connectivity index (χ3v) is 1.69. The highest BCUT2D eigenvalue weighted by atomic mass is 19.4. The number of ether oxygens (including phenoxy) is 1. The highest BCUT2D eigenvalue weighted by molar-refractivity contribution is 5.61. The predicted octanol–water partition coefficient (Wildman–Crippen LogP) is 1.76. The van der Waals surface area contributed by atoms with Crippen LogP contribution < -0.4 is 10.3 Å². The Balaban J connectivity index is 3.28. The molecule has 0 amide bonds. The zero-order valence-corrected chi connectivity index (χ0v) is 7.88. The minimum Gasteiger partial charge on any atom is -0.449 e. The molecule has 16 heavy (non-hydrogen) atoms. The standard InChI is InChI=1S/C8H6F3NO4/c1-3-2-4(16-7(14)15)6(13)12-5(3)8(9,10)11/h2H,1H3,(H,12,13)(H,14,15). The summed E-state index contributed by atoms with van der Waals surface area (Å²) in [5, 5.41) is 8.21. The van der Waals surface area contributed by atoms with Gasteiger partial charge in [-0.25, -0.2) is 4.79 Å². The molecule has 5 nitrogen and oxygen atoms in total. The third kappa shape index (κ3) is 2.53. The van der Waals surface area contributed by atoms with Crippen molar-refractivity contribution in [1.82, 2.24) is 4.98 Å². The van der Waals surface area contributed by atoms with Crippen molar-refractivity contribution in [3.05, 3.63) is 27.7 Å². The van der Waals surface area contributed by atoms with Gasteiger partial charge in [-0.3, -0.25) is 4.79 Å². The third-order valence-electron chi connectivity index (χ3n) is 1.69. The fourth-order valence-electron chi connectivity index (χ4n) is 1.07. The van der Waals surface area contributed by atoms with Crippen LogP contribution in [0.25, 0.3) is 0 Å². The van der Waals surface area contributed by atoms with Gasteiger partial charge in [0.25, 0.3) is 5.56 Å². The van der Waals surface area contributed by atoms with Gasteiger partial charge in [0.15, 0.2) is 5.75 Å². The molecule has 88 valence electrons. The minimum absolute atomic E-state index is 0.330. The van der Waals surface area contributed by atoms with E-state index in [0.717, 1.165) is 13.0 Å². The van der Waals surface area contributed by atoms with Crippen LogP contribution >= 0.6 is 0 Å². The van der Waals surface area contributed by atoms with Gasteiger partial charge in [-0.2, -0.15) is 13.2 Å². The Morgan fingerprint density at radius 1 is 1.50 bits per heavy atom. The Labute approximate surface area is 86.5 Å². The molecule has 0 saturated carbocycles. The molecule has 0 fully saturated rings. The van der Waals surface area contributed by atoms with Gasteiger partial charge in [0, 0.05) is 0 Å². The number of aromatic nitrogens is 1. The molecular weight excluding hydrogens is 231 g/mol. The number of hydrogen-bond acceptors (Lipinski definition) is 3. The van der Waals surface area contributed by atoms with Gasteiger partial charge in [-0.1, -0.05) is 0 Å². The van der Waals surface area contributed by atoms with E-state index in [9.17, 15) is 22.8 Å². The molecule has 1 heterocycles. The van der Waals surface area contributed by atoms with Crippen LogP contribution in [0.2, 0.25) is 0 Å². The lowest BCUT2D eigenvalue weighted by Gasteiger charge is -2.10. The maximum absolute atomic E-state index is 12.3. The number of carboxylic acid groups (broad SMARTS) is 1. The first-order chi connectivity index (χ1) is 7.21. The van der Waals surface area contributed by atoms with Gasteiger partial charge in [0.1, 0.15) is 5.69 Å². The van der Waals surface area contributed by atoms with Crippen molar-refractivity contribution in [3.63, 3.8) is 0 Å². The molecule has 0 aliphatic heterocycles. The Hall–Kier alpha value is -1.99. The SMILES string of the molecule is Cc1cc(OC(=O)O)c(=O)[nH]c1C(F)(F)F. The topological polar surface area (TPSA) is 79.4 Å². The van der Waals surface area contributed by atoms with Crippen LogP contribution in [-0.2, 0) is 6.18 Å². The molecule has 0 aliphatic rings. The van der Waals surface area contributed by atoms with Crippen molar-refractivity contribution in [2.24, 2.45) is 0 Å². The van der Waals surface area contributed by atoms with Crippen molar-refractivity contribution < 1.29 is 27.8 Å². The molecule has 0 unspecified atom stereocenters. The van der Waals surface area contributed by atoms with E-state index < -0.39 is 29.3 Å². The summed E-state index contributed by atoms with van der Waals surface area (Å²) in [7, 11) is 0. The first-order valence-corrected chi connectivity index (χ1v) is 3.93. The summed E-state index contributed by atoms with van der Waals surface area (Å²) in [5.74, 6) is -0.696. The lowest BCUT2D eigenvalue weighted by Crippen LogP contribution is -2.21. The summed E-state index contributed by atoms with van der Waals surface area (Å²) in [6.45, 7) is 1.08. The Morgan fingerprint density at radius 2 is 2.06 bits per heavy atom. The first kappa shape index (κ1) is 12.1. The van der Waals surface area contributed by atoms with Gasteiger partial charge in [0.2, 0.25) is 0 Å². The summed E-state index contributed by atoms with van der Waals surface area (Å²) in [6.07, 6.45) is -6.48. The monoisotopic (exact) mass is 237 g/mol. The zero-order valence-electron chi connectivity index (χ0n) is 7.88. The fraction of sp³-hybridized carbons (Fsp3) is 0.250. The highest BCUT2D eigenvalue weighted by Gasteiger charge is 2.34. The number of pyridine rings is 1. The number of aryl methyl sites for hydroxylation is 1. The van der Waals surface area contributed by atoms with Crippen molar-refractivity contribution in [3.8, 4) is 5.75 Å². The number of hydrogen-bond donors (Lipinski definition) is 2. The van der Waals surface area contributed by atoms with E-state index in [1.54, 1.807) is 0 Å². The highest BCUT2D eigenvalue weighted by Crippen LogP contribution is 2.30. The first-order valence-electron chi connectivity index (χ1n) is 3.93. The van der Waals surface area contributed by atoms with Crippen molar-refractivity contribution in [1.29, 1.82) is 0 Å². The maximum Gasteiger partial charge on any atom is 0.511 e. The van der Waals surface area contributed by atoms with Gasteiger partial charge in [0.05, 0.1) is 0 Å². The van der Waals surface area contributed by atoms with Crippen LogP contribution in [0.4, 0.5) is 18.0 Å². The molecule has 0 bridgehead atoms. The molecular formula is C8H6F3NO4. The normalized spacial score (nSPS) is 11.2. The molecule has 0 radical (unpaired) electrons. The summed E-state index contributed by atoms with van der Waals surface area (Å²) < 4.78 is 40.9. The molecule has 1 rings (SSSR count). The average molecular weight is 237 g/mol. The lowest BCUT2D eigenvalue weighted by atomic mass is 10.2. The van der Waals surface area contributed by atoms with Crippen LogP contribution in [0.15, 0.2) is 10.9 Å². The van der Waals surface area contributed by atoms with Gasteiger partial charge in [-0.05, 0) is 18.6 Å². The van der Waals surface area contributed by atoms with Gasteiger partial charge in [-0.15, -0.1) is 0 Å². The van der Waals surface area contributed by atoms with E-state index >= 15 is 0 Å². The largest absolute Gasteiger partial charge is 0.511 e.